The van der Waals surface area contributed by atoms with Crippen LogP contribution in [0.2, 0.25) is 0 Å². The van der Waals surface area contributed by atoms with Gasteiger partial charge in [-0.3, -0.25) is 4.79 Å². The molecule has 4 rings (SSSR count). The number of likely N-dealkylation sites (tertiary alicyclic amines) is 1. The molecule has 1 saturated heterocycles. The summed E-state index contributed by atoms with van der Waals surface area (Å²) in [4.78, 5) is 24.2. The SMILES string of the molecule is CC(C)c1ncc(C2CCN([C@H]3CC4(CC[C@H](C(=O)C(C)C)CC4)C3)CC2)cn1. The van der Waals surface area contributed by atoms with Crippen molar-refractivity contribution in [2.45, 2.75) is 96.9 Å². The predicted octanol–water partition coefficient (Wildman–Crippen LogP) is 5.34. The Morgan fingerprint density at radius 3 is 2.10 bits per heavy atom. The van der Waals surface area contributed by atoms with Gasteiger partial charge in [-0.15, -0.1) is 0 Å². The van der Waals surface area contributed by atoms with Crippen LogP contribution in [0.5, 0.6) is 0 Å². The first-order valence-corrected chi connectivity index (χ1v) is 12.0. The molecule has 4 heteroatoms. The predicted molar refractivity (Wildman–Crippen MR) is 117 cm³/mol. The average Bonchev–Trinajstić information content (AvgIpc) is 2.72. The lowest BCUT2D eigenvalue weighted by Gasteiger charge is -2.56. The molecule has 160 valence electrons. The Morgan fingerprint density at radius 1 is 1.00 bits per heavy atom. The monoisotopic (exact) mass is 397 g/mol. The van der Waals surface area contributed by atoms with Crippen LogP contribution < -0.4 is 0 Å². The van der Waals surface area contributed by atoms with Crippen molar-refractivity contribution in [2.75, 3.05) is 13.1 Å². The highest BCUT2D eigenvalue weighted by Crippen LogP contribution is 2.55. The van der Waals surface area contributed by atoms with Gasteiger partial charge in [0.05, 0.1) is 0 Å². The van der Waals surface area contributed by atoms with Gasteiger partial charge in [0, 0.05) is 36.2 Å². The number of Topliss-reactive ketones (excluding diaryl/α,β-unsaturated/α-hetero) is 1. The minimum Gasteiger partial charge on any atom is -0.300 e. The van der Waals surface area contributed by atoms with Gasteiger partial charge in [0.1, 0.15) is 11.6 Å². The van der Waals surface area contributed by atoms with E-state index in [4.69, 9.17) is 0 Å². The van der Waals surface area contributed by atoms with Gasteiger partial charge in [-0.25, -0.2) is 9.97 Å². The van der Waals surface area contributed by atoms with Crippen molar-refractivity contribution in [3.63, 3.8) is 0 Å². The van der Waals surface area contributed by atoms with E-state index < -0.39 is 0 Å². The van der Waals surface area contributed by atoms with E-state index in [0.717, 1.165) is 24.7 Å². The molecule has 4 nitrogen and oxygen atoms in total. The van der Waals surface area contributed by atoms with Gasteiger partial charge in [0.2, 0.25) is 0 Å². The van der Waals surface area contributed by atoms with Crippen LogP contribution in [0.4, 0.5) is 0 Å². The maximum atomic E-state index is 12.3. The van der Waals surface area contributed by atoms with Crippen molar-refractivity contribution in [3.8, 4) is 0 Å². The van der Waals surface area contributed by atoms with Gasteiger partial charge >= 0.3 is 0 Å². The smallest absolute Gasteiger partial charge is 0.138 e. The zero-order chi connectivity index (χ0) is 20.6. The van der Waals surface area contributed by atoms with Gasteiger partial charge < -0.3 is 4.90 Å². The summed E-state index contributed by atoms with van der Waals surface area (Å²) in [6, 6.07) is 0.785. The van der Waals surface area contributed by atoms with Gasteiger partial charge in [-0.05, 0) is 81.4 Å². The third-order valence-corrected chi connectivity index (χ3v) is 8.08. The molecule has 0 N–H and O–H groups in total. The second-order valence-electron chi connectivity index (χ2n) is 10.7. The molecule has 29 heavy (non-hydrogen) atoms. The fourth-order valence-electron chi connectivity index (χ4n) is 6.05. The van der Waals surface area contributed by atoms with Gasteiger partial charge in [-0.2, -0.15) is 0 Å². The molecular formula is C25H39N3O. The summed E-state index contributed by atoms with van der Waals surface area (Å²) in [5.41, 5.74) is 1.89. The maximum absolute atomic E-state index is 12.3. The van der Waals surface area contributed by atoms with Crippen LogP contribution in [0, 0.1) is 17.3 Å². The van der Waals surface area contributed by atoms with E-state index in [-0.39, 0.29) is 5.92 Å². The van der Waals surface area contributed by atoms with Crippen LogP contribution in [0.3, 0.4) is 0 Å². The zero-order valence-electron chi connectivity index (χ0n) is 18.9. The number of hydrogen-bond acceptors (Lipinski definition) is 4. The van der Waals surface area contributed by atoms with Crippen LogP contribution in [0.15, 0.2) is 12.4 Å². The molecule has 3 fully saturated rings. The Balaban J connectivity index is 1.23. The molecule has 1 spiro atoms. The molecule has 0 amide bonds. The lowest BCUT2D eigenvalue weighted by molar-refractivity contribution is -0.129. The average molecular weight is 398 g/mol. The van der Waals surface area contributed by atoms with Crippen molar-refractivity contribution in [3.05, 3.63) is 23.8 Å². The number of hydrogen-bond donors (Lipinski definition) is 0. The topological polar surface area (TPSA) is 46.1 Å². The molecule has 1 aromatic heterocycles. The van der Waals surface area contributed by atoms with Crippen molar-refractivity contribution in [1.82, 2.24) is 14.9 Å². The van der Waals surface area contributed by atoms with E-state index in [1.165, 1.54) is 57.2 Å². The Bertz CT molecular complexity index is 687. The molecule has 2 heterocycles. The van der Waals surface area contributed by atoms with E-state index in [1.54, 1.807) is 0 Å². The zero-order valence-corrected chi connectivity index (χ0v) is 18.9. The second-order valence-corrected chi connectivity index (χ2v) is 10.7. The third kappa shape index (κ3) is 4.42. The number of carbonyl (C=O) groups excluding carboxylic acids is 1. The lowest BCUT2D eigenvalue weighted by Crippen LogP contribution is -2.54. The van der Waals surface area contributed by atoms with Crippen LogP contribution in [0.1, 0.15) is 102 Å². The largest absolute Gasteiger partial charge is 0.300 e. The van der Waals surface area contributed by atoms with Crippen LogP contribution >= 0.6 is 0 Å². The summed E-state index contributed by atoms with van der Waals surface area (Å²) in [5, 5.41) is 0. The number of carbonyl (C=O) groups is 1. The van der Waals surface area contributed by atoms with Crippen LogP contribution in [-0.4, -0.2) is 39.8 Å². The number of piperidine rings is 1. The molecule has 0 atom stereocenters. The molecule has 2 saturated carbocycles. The minimum atomic E-state index is 0.205. The third-order valence-electron chi connectivity index (χ3n) is 8.08. The van der Waals surface area contributed by atoms with E-state index in [9.17, 15) is 4.79 Å². The van der Waals surface area contributed by atoms with Gasteiger partial charge in [-0.1, -0.05) is 27.7 Å². The van der Waals surface area contributed by atoms with Crippen LogP contribution in [-0.2, 0) is 4.79 Å². The first-order chi connectivity index (χ1) is 13.9. The van der Waals surface area contributed by atoms with Crippen molar-refractivity contribution in [2.24, 2.45) is 17.3 Å². The first kappa shape index (κ1) is 21.0. The Morgan fingerprint density at radius 2 is 1.59 bits per heavy atom. The standard InChI is InChI=1S/C25H39N3O/c1-17(2)23(29)20-5-9-25(10-6-20)13-22(14-25)28-11-7-19(8-12-28)21-15-26-24(18(3)4)27-16-21/h15-20,22H,5-14H2,1-4H3/t20-,22-,25?. The van der Waals surface area contributed by atoms with E-state index >= 15 is 0 Å². The Hall–Kier alpha value is -1.29. The molecule has 0 bridgehead atoms. The van der Waals surface area contributed by atoms with Gasteiger partial charge in [0.25, 0.3) is 0 Å². The highest BCUT2D eigenvalue weighted by atomic mass is 16.1. The summed E-state index contributed by atoms with van der Waals surface area (Å²) >= 11 is 0. The normalized spacial score (nSPS) is 31.4. The maximum Gasteiger partial charge on any atom is 0.138 e. The first-order valence-electron chi connectivity index (χ1n) is 12.0. The summed E-state index contributed by atoms with van der Waals surface area (Å²) in [7, 11) is 0. The van der Waals surface area contributed by atoms with E-state index in [2.05, 4.69) is 55.0 Å². The van der Waals surface area contributed by atoms with Crippen molar-refractivity contribution in [1.29, 1.82) is 0 Å². The van der Waals surface area contributed by atoms with E-state index in [0.29, 0.717) is 29.0 Å². The molecule has 0 aromatic carbocycles. The molecule has 0 radical (unpaired) electrons. The number of ketones is 1. The molecule has 0 unspecified atom stereocenters. The Labute approximate surface area is 176 Å². The number of rotatable bonds is 5. The summed E-state index contributed by atoms with van der Waals surface area (Å²) in [6.07, 6.45) is 14.2. The van der Waals surface area contributed by atoms with Crippen LogP contribution in [0.25, 0.3) is 0 Å². The summed E-state index contributed by atoms with van der Waals surface area (Å²) < 4.78 is 0. The fraction of sp³-hybridized carbons (Fsp3) is 0.800. The van der Waals surface area contributed by atoms with Crippen molar-refractivity contribution < 1.29 is 4.79 Å². The number of aromatic nitrogens is 2. The van der Waals surface area contributed by atoms with Crippen molar-refractivity contribution >= 4 is 5.78 Å². The molecule has 3 aliphatic rings. The quantitative estimate of drug-likeness (QED) is 0.672. The highest BCUT2D eigenvalue weighted by Gasteiger charge is 2.49. The molecule has 1 aliphatic heterocycles. The Kier molecular flexibility index (Phi) is 6.11. The fourth-order valence-corrected chi connectivity index (χ4v) is 6.05. The second kappa shape index (κ2) is 8.45. The highest BCUT2D eigenvalue weighted by molar-refractivity contribution is 5.82. The summed E-state index contributed by atoms with van der Waals surface area (Å²) in [6.45, 7) is 10.8. The van der Waals surface area contributed by atoms with Gasteiger partial charge in [0.15, 0.2) is 0 Å². The summed E-state index contributed by atoms with van der Waals surface area (Å²) in [5.74, 6) is 3.03. The minimum absolute atomic E-state index is 0.205. The molecule has 1 aromatic rings. The van der Waals surface area contributed by atoms with E-state index in [1.807, 2.05) is 0 Å². The number of nitrogens with zero attached hydrogens (tertiary/aromatic N) is 3. The molecule has 2 aliphatic carbocycles. The molecular weight excluding hydrogens is 358 g/mol. The lowest BCUT2D eigenvalue weighted by atomic mass is 9.56.